The third-order valence-electron chi connectivity index (χ3n) is 2.84. The Morgan fingerprint density at radius 1 is 1.23 bits per heavy atom. The molecule has 0 bridgehead atoms. The second kappa shape index (κ2) is 8.72. The Bertz CT molecular complexity index is 607. The number of benzene rings is 1. The van der Waals surface area contributed by atoms with Crippen molar-refractivity contribution in [2.75, 3.05) is 12.4 Å². The molecule has 0 aromatic heterocycles. The average Bonchev–Trinajstić information content (AvgIpc) is 2.50. The van der Waals surface area contributed by atoms with Crippen LogP contribution in [0, 0.1) is 0 Å². The number of hydrogen-bond donors (Lipinski definition) is 3. The number of rotatable bonds is 9. The molecule has 1 aromatic rings. The number of hydrogen-bond acceptors (Lipinski definition) is 4. The van der Waals surface area contributed by atoms with Gasteiger partial charge in [0, 0.05) is 6.54 Å². The second-order valence-electron chi connectivity index (χ2n) is 4.52. The van der Waals surface area contributed by atoms with E-state index in [0.717, 1.165) is 0 Å². The zero-order valence-electron chi connectivity index (χ0n) is 11.8. The van der Waals surface area contributed by atoms with E-state index < -0.39 is 27.9 Å². The van der Waals surface area contributed by atoms with Gasteiger partial charge in [-0.1, -0.05) is 18.2 Å². The van der Waals surface area contributed by atoms with Crippen LogP contribution in [0.3, 0.4) is 0 Å². The van der Waals surface area contributed by atoms with Gasteiger partial charge in [-0.3, -0.25) is 4.79 Å². The molecule has 0 fully saturated rings. The minimum atomic E-state index is -3.81. The molecule has 0 heterocycles. The molecule has 1 atom stereocenters. The fourth-order valence-electron chi connectivity index (χ4n) is 1.75. The molecule has 0 aliphatic carbocycles. The summed E-state index contributed by atoms with van der Waals surface area (Å²) < 4.78 is 26.8. The quantitative estimate of drug-likeness (QED) is 0.447. The summed E-state index contributed by atoms with van der Waals surface area (Å²) in [5, 5.41) is 2.37. The van der Waals surface area contributed by atoms with Crippen LogP contribution < -0.4 is 15.8 Å². The van der Waals surface area contributed by atoms with E-state index >= 15 is 0 Å². The van der Waals surface area contributed by atoms with Crippen molar-refractivity contribution in [2.24, 2.45) is 5.73 Å². The fraction of sp³-hybridized carbons (Fsp3) is 0.385. The van der Waals surface area contributed by atoms with Gasteiger partial charge in [-0.05, 0) is 25.0 Å². The molecule has 1 rings (SSSR count). The van der Waals surface area contributed by atoms with Gasteiger partial charge >= 0.3 is 6.03 Å². The van der Waals surface area contributed by atoms with Gasteiger partial charge < -0.3 is 11.1 Å². The molecule has 0 spiro atoms. The Hall–Kier alpha value is -1.64. The van der Waals surface area contributed by atoms with E-state index in [2.05, 4.69) is 10.0 Å². The summed E-state index contributed by atoms with van der Waals surface area (Å²) in [5.74, 6) is -0.731. The highest BCUT2D eigenvalue weighted by atomic mass is 35.5. The molecule has 0 radical (unpaired) electrons. The van der Waals surface area contributed by atoms with Gasteiger partial charge in [-0.2, -0.15) is 0 Å². The predicted molar refractivity (Wildman–Crippen MR) is 83.1 cm³/mol. The highest BCUT2D eigenvalue weighted by Gasteiger charge is 2.24. The van der Waals surface area contributed by atoms with Gasteiger partial charge in [-0.25, -0.2) is 17.9 Å². The number of halogens is 1. The van der Waals surface area contributed by atoms with E-state index in [1.165, 1.54) is 12.1 Å². The molecule has 0 saturated carbocycles. The van der Waals surface area contributed by atoms with Crippen molar-refractivity contribution < 1.29 is 18.0 Å². The van der Waals surface area contributed by atoms with Crippen molar-refractivity contribution in [3.05, 3.63) is 30.3 Å². The largest absolute Gasteiger partial charge is 0.352 e. The first-order valence-corrected chi connectivity index (χ1v) is 8.58. The van der Waals surface area contributed by atoms with E-state index in [0.29, 0.717) is 6.42 Å². The number of nitrogens with one attached hydrogen (secondary N) is 2. The van der Waals surface area contributed by atoms with Gasteiger partial charge in [0.15, 0.2) is 5.78 Å². The van der Waals surface area contributed by atoms with Crippen LogP contribution in [0.15, 0.2) is 35.2 Å². The first-order chi connectivity index (χ1) is 10.4. The number of sulfonamides is 1. The molecular formula is C13H18ClN3O4S. The number of nitrogens with two attached hydrogens (primary N) is 1. The molecule has 0 aliphatic heterocycles. The monoisotopic (exact) mass is 347 g/mol. The maximum Gasteiger partial charge on any atom is 0.312 e. The summed E-state index contributed by atoms with van der Waals surface area (Å²) in [6.45, 7) is 0.245. The van der Waals surface area contributed by atoms with Crippen LogP contribution in [-0.4, -0.2) is 38.7 Å². The number of ketones is 1. The van der Waals surface area contributed by atoms with E-state index in [4.69, 9.17) is 17.3 Å². The Morgan fingerprint density at radius 2 is 1.86 bits per heavy atom. The van der Waals surface area contributed by atoms with Gasteiger partial charge in [-0.15, -0.1) is 11.6 Å². The highest BCUT2D eigenvalue weighted by Crippen LogP contribution is 2.10. The lowest BCUT2D eigenvalue weighted by atomic mass is 10.1. The topological polar surface area (TPSA) is 118 Å². The van der Waals surface area contributed by atoms with E-state index in [1.54, 1.807) is 18.2 Å². The number of carbonyl (C=O) groups excluding carboxylic acids is 2. The van der Waals surface area contributed by atoms with Crippen LogP contribution >= 0.6 is 11.6 Å². The third kappa shape index (κ3) is 6.00. The van der Waals surface area contributed by atoms with Crippen LogP contribution in [0.25, 0.3) is 0 Å². The number of urea groups is 1. The summed E-state index contributed by atoms with van der Waals surface area (Å²) in [6.07, 6.45) is 0.589. The molecule has 122 valence electrons. The number of primary amides is 1. The molecule has 0 saturated heterocycles. The minimum absolute atomic E-state index is 0.0673. The zero-order chi connectivity index (χ0) is 16.6. The second-order valence-corrected chi connectivity index (χ2v) is 6.50. The molecule has 4 N–H and O–H groups in total. The smallest absolute Gasteiger partial charge is 0.312 e. The standard InChI is InChI=1S/C13H18ClN3O4S/c14-9-12(18)11(7-4-8-16-13(15)19)17-22(20,21)10-5-2-1-3-6-10/h1-3,5-6,11,17H,4,7-9H2,(H3,15,16,19)/t11-/m0/s1. The average molecular weight is 348 g/mol. The summed E-state index contributed by atoms with van der Waals surface area (Å²) in [4.78, 5) is 22.4. The van der Waals surface area contributed by atoms with Crippen molar-refractivity contribution in [1.29, 1.82) is 0 Å². The Labute approximate surface area is 134 Å². The van der Waals surface area contributed by atoms with Gasteiger partial charge in [0.25, 0.3) is 0 Å². The van der Waals surface area contributed by atoms with Crippen LogP contribution in [0.5, 0.6) is 0 Å². The Kier molecular flexibility index (Phi) is 7.30. The predicted octanol–water partition coefficient (Wildman–Crippen LogP) is 0.590. The maximum absolute atomic E-state index is 12.2. The normalized spacial score (nSPS) is 12.6. The van der Waals surface area contributed by atoms with E-state index in [1.807, 2.05) is 0 Å². The summed E-state index contributed by atoms with van der Waals surface area (Å²) in [7, 11) is -3.81. The van der Waals surface area contributed by atoms with Gasteiger partial charge in [0.1, 0.15) is 0 Å². The fourth-order valence-corrected chi connectivity index (χ4v) is 3.21. The molecule has 1 aromatic carbocycles. The van der Waals surface area contributed by atoms with Crippen LogP contribution in [0.2, 0.25) is 0 Å². The van der Waals surface area contributed by atoms with Crippen molar-refractivity contribution >= 4 is 33.4 Å². The van der Waals surface area contributed by atoms with Crippen LogP contribution in [0.4, 0.5) is 4.79 Å². The molecule has 22 heavy (non-hydrogen) atoms. The molecular weight excluding hydrogens is 330 g/mol. The van der Waals surface area contributed by atoms with Crippen molar-refractivity contribution in [1.82, 2.24) is 10.0 Å². The Morgan fingerprint density at radius 3 is 2.41 bits per heavy atom. The summed E-state index contributed by atoms with van der Waals surface area (Å²) >= 11 is 5.51. The molecule has 0 aliphatic rings. The molecule has 0 unspecified atom stereocenters. The van der Waals surface area contributed by atoms with Gasteiger partial charge in [0.2, 0.25) is 10.0 Å². The third-order valence-corrected chi connectivity index (χ3v) is 4.59. The summed E-state index contributed by atoms with van der Waals surface area (Å²) in [5.41, 5.74) is 4.92. The number of amides is 2. The SMILES string of the molecule is NC(=O)NCCC[C@H](NS(=O)(=O)c1ccccc1)C(=O)CCl. The van der Waals surface area contributed by atoms with Gasteiger partial charge in [0.05, 0.1) is 16.8 Å². The van der Waals surface area contributed by atoms with E-state index in [-0.39, 0.29) is 23.7 Å². The number of Topliss-reactive ketones (excluding diaryl/α,β-unsaturated/α-hetero) is 1. The first kappa shape index (κ1) is 18.4. The lowest BCUT2D eigenvalue weighted by molar-refractivity contribution is -0.118. The zero-order valence-corrected chi connectivity index (χ0v) is 13.4. The molecule has 9 heteroatoms. The minimum Gasteiger partial charge on any atom is -0.352 e. The lowest BCUT2D eigenvalue weighted by Crippen LogP contribution is -2.42. The maximum atomic E-state index is 12.2. The number of carbonyl (C=O) groups is 2. The van der Waals surface area contributed by atoms with Crippen molar-refractivity contribution in [2.45, 2.75) is 23.8 Å². The van der Waals surface area contributed by atoms with Crippen LogP contribution in [-0.2, 0) is 14.8 Å². The summed E-state index contributed by atoms with van der Waals surface area (Å²) in [6, 6.07) is 6.10. The van der Waals surface area contributed by atoms with Crippen molar-refractivity contribution in [3.63, 3.8) is 0 Å². The van der Waals surface area contributed by atoms with E-state index in [9.17, 15) is 18.0 Å². The highest BCUT2D eigenvalue weighted by molar-refractivity contribution is 7.89. The first-order valence-electron chi connectivity index (χ1n) is 6.56. The van der Waals surface area contributed by atoms with Crippen LogP contribution in [0.1, 0.15) is 12.8 Å². The molecule has 2 amide bonds. The number of alkyl halides is 1. The lowest BCUT2D eigenvalue weighted by Gasteiger charge is -2.17. The molecule has 7 nitrogen and oxygen atoms in total. The Balaban J connectivity index is 2.72. The van der Waals surface area contributed by atoms with Crippen molar-refractivity contribution in [3.8, 4) is 0 Å².